The van der Waals surface area contributed by atoms with Gasteiger partial charge < -0.3 is 14.6 Å². The zero-order chi connectivity index (χ0) is 22.0. The SMILES string of the molecule is C=C1Oc2cc(C(C)(C)CCCCCC)cc(O)c2[C@@H]2CC(N3CCOCC3)CC[C@@H]12. The first-order valence-electron chi connectivity index (χ1n) is 12.5. The van der Waals surface area contributed by atoms with E-state index < -0.39 is 0 Å². The number of aromatic hydroxyl groups is 1. The van der Waals surface area contributed by atoms with Gasteiger partial charge in [0, 0.05) is 36.5 Å². The fraction of sp³-hybridized carbons (Fsp3) is 0.704. The van der Waals surface area contributed by atoms with Gasteiger partial charge in [0.15, 0.2) is 0 Å². The molecule has 4 rings (SSSR count). The standard InChI is InChI=1S/C27H41NO3/c1-5-6-7-8-11-27(3,4)20-16-24(29)26-23-18-21(28-12-14-30-15-13-28)9-10-22(23)19(2)31-25(26)17-20/h16-17,21-23,29H,2,5-15,18H2,1,3-4H3/t21?,22-,23+/m0/s1. The van der Waals surface area contributed by atoms with Crippen molar-refractivity contribution in [1.29, 1.82) is 0 Å². The summed E-state index contributed by atoms with van der Waals surface area (Å²) in [4.78, 5) is 2.59. The van der Waals surface area contributed by atoms with E-state index in [0.717, 1.165) is 62.6 Å². The molecule has 1 unspecified atom stereocenters. The Morgan fingerprint density at radius 1 is 1.10 bits per heavy atom. The number of hydrogen-bond acceptors (Lipinski definition) is 4. The van der Waals surface area contributed by atoms with Crippen molar-refractivity contribution in [1.82, 2.24) is 4.90 Å². The summed E-state index contributed by atoms with van der Waals surface area (Å²) in [7, 11) is 0. The molecule has 4 heteroatoms. The lowest BCUT2D eigenvalue weighted by Crippen LogP contribution is -2.47. The Kier molecular flexibility index (Phi) is 6.98. The quantitative estimate of drug-likeness (QED) is 0.532. The first-order valence-corrected chi connectivity index (χ1v) is 12.5. The molecule has 0 amide bonds. The van der Waals surface area contributed by atoms with Gasteiger partial charge in [-0.05, 0) is 48.8 Å². The van der Waals surface area contributed by atoms with E-state index in [4.69, 9.17) is 9.47 Å². The molecule has 1 N–H and O–H groups in total. The molecule has 0 aromatic heterocycles. The Labute approximate surface area is 188 Å². The molecular weight excluding hydrogens is 386 g/mol. The van der Waals surface area contributed by atoms with Crippen LogP contribution >= 0.6 is 0 Å². The number of phenols is 1. The number of morpholine rings is 1. The third kappa shape index (κ3) is 4.80. The van der Waals surface area contributed by atoms with Crippen LogP contribution in [-0.4, -0.2) is 42.4 Å². The molecule has 4 nitrogen and oxygen atoms in total. The largest absolute Gasteiger partial charge is 0.508 e. The molecule has 1 aliphatic carbocycles. The third-order valence-corrected chi connectivity index (χ3v) is 7.97. The predicted molar refractivity (Wildman–Crippen MR) is 126 cm³/mol. The zero-order valence-corrected chi connectivity index (χ0v) is 19.8. The molecule has 2 aliphatic heterocycles. The van der Waals surface area contributed by atoms with E-state index in [-0.39, 0.29) is 5.41 Å². The zero-order valence-electron chi connectivity index (χ0n) is 19.8. The maximum Gasteiger partial charge on any atom is 0.134 e. The third-order valence-electron chi connectivity index (χ3n) is 7.97. The molecule has 0 bridgehead atoms. The first-order chi connectivity index (χ1) is 14.9. The van der Waals surface area contributed by atoms with Gasteiger partial charge in [-0.2, -0.15) is 0 Å². The van der Waals surface area contributed by atoms with Crippen molar-refractivity contribution in [3.63, 3.8) is 0 Å². The number of benzene rings is 1. The molecule has 0 radical (unpaired) electrons. The van der Waals surface area contributed by atoms with E-state index in [1.54, 1.807) is 0 Å². The topological polar surface area (TPSA) is 41.9 Å². The lowest BCUT2D eigenvalue weighted by molar-refractivity contribution is 0.000780. The van der Waals surface area contributed by atoms with Gasteiger partial charge in [-0.25, -0.2) is 0 Å². The lowest BCUT2D eigenvalue weighted by atomic mass is 9.69. The fourth-order valence-corrected chi connectivity index (χ4v) is 5.94. The molecule has 31 heavy (non-hydrogen) atoms. The van der Waals surface area contributed by atoms with Crippen LogP contribution in [0.3, 0.4) is 0 Å². The van der Waals surface area contributed by atoms with Gasteiger partial charge in [-0.1, -0.05) is 53.0 Å². The molecular formula is C27H41NO3. The molecule has 2 fully saturated rings. The Hall–Kier alpha value is -1.52. The number of fused-ring (bicyclic) bond motifs is 3. The molecule has 1 saturated heterocycles. The maximum absolute atomic E-state index is 11.2. The first kappa shape index (κ1) is 22.7. The second-order valence-electron chi connectivity index (χ2n) is 10.5. The Balaban J connectivity index is 1.56. The van der Waals surface area contributed by atoms with Gasteiger partial charge in [0.25, 0.3) is 0 Å². The summed E-state index contributed by atoms with van der Waals surface area (Å²) >= 11 is 0. The number of phenolic OH excluding ortho intramolecular Hbond substituents is 1. The normalized spacial score (nSPS) is 26.8. The summed E-state index contributed by atoms with van der Waals surface area (Å²) in [6, 6.07) is 4.76. The van der Waals surface area contributed by atoms with Crippen molar-refractivity contribution in [3.8, 4) is 11.5 Å². The van der Waals surface area contributed by atoms with Crippen LogP contribution in [0.15, 0.2) is 24.5 Å². The van der Waals surface area contributed by atoms with Gasteiger partial charge >= 0.3 is 0 Å². The minimum Gasteiger partial charge on any atom is -0.508 e. The van der Waals surface area contributed by atoms with Crippen molar-refractivity contribution >= 4 is 0 Å². The van der Waals surface area contributed by atoms with Crippen molar-refractivity contribution < 1.29 is 14.6 Å². The van der Waals surface area contributed by atoms with Crippen LogP contribution in [0.5, 0.6) is 11.5 Å². The summed E-state index contributed by atoms with van der Waals surface area (Å²) in [5, 5.41) is 11.2. The summed E-state index contributed by atoms with van der Waals surface area (Å²) < 4.78 is 11.8. The highest BCUT2D eigenvalue weighted by molar-refractivity contribution is 5.54. The van der Waals surface area contributed by atoms with Crippen LogP contribution in [0, 0.1) is 5.92 Å². The molecule has 1 saturated carbocycles. The van der Waals surface area contributed by atoms with Crippen molar-refractivity contribution in [2.24, 2.45) is 5.92 Å². The minimum absolute atomic E-state index is 0.0185. The number of hydrogen-bond donors (Lipinski definition) is 1. The molecule has 0 spiro atoms. The van der Waals surface area contributed by atoms with Gasteiger partial charge in [0.05, 0.1) is 13.2 Å². The van der Waals surface area contributed by atoms with Gasteiger partial charge in [0.1, 0.15) is 17.3 Å². The molecule has 1 aromatic rings. The Morgan fingerprint density at radius 2 is 1.87 bits per heavy atom. The summed E-state index contributed by atoms with van der Waals surface area (Å²) in [6.07, 6.45) is 9.48. The number of unbranched alkanes of at least 4 members (excludes halogenated alkanes) is 3. The average Bonchev–Trinajstić information content (AvgIpc) is 2.76. The predicted octanol–water partition coefficient (Wildman–Crippen LogP) is 6.13. The number of nitrogens with zero attached hydrogens (tertiary/aromatic N) is 1. The molecule has 2 heterocycles. The minimum atomic E-state index is 0.0185. The van der Waals surface area contributed by atoms with Crippen LogP contribution in [0.2, 0.25) is 0 Å². The van der Waals surface area contributed by atoms with E-state index >= 15 is 0 Å². The molecule has 1 aromatic carbocycles. The highest BCUT2D eigenvalue weighted by Crippen LogP contribution is 2.53. The molecule has 3 aliphatic rings. The van der Waals surface area contributed by atoms with E-state index in [1.807, 2.05) is 6.07 Å². The second kappa shape index (κ2) is 9.54. The van der Waals surface area contributed by atoms with E-state index in [2.05, 4.69) is 38.3 Å². The fourth-order valence-electron chi connectivity index (χ4n) is 5.94. The number of rotatable bonds is 7. The summed E-state index contributed by atoms with van der Waals surface area (Å²) in [5.41, 5.74) is 2.21. The Morgan fingerprint density at radius 3 is 2.61 bits per heavy atom. The average molecular weight is 428 g/mol. The van der Waals surface area contributed by atoms with Crippen molar-refractivity contribution in [2.75, 3.05) is 26.3 Å². The smallest absolute Gasteiger partial charge is 0.134 e. The maximum atomic E-state index is 11.2. The van der Waals surface area contributed by atoms with Crippen molar-refractivity contribution in [2.45, 2.75) is 89.5 Å². The molecule has 172 valence electrons. The van der Waals surface area contributed by atoms with E-state index in [1.165, 1.54) is 37.7 Å². The summed E-state index contributed by atoms with van der Waals surface area (Å²) in [5.74, 6) is 2.74. The number of ether oxygens (including phenoxy) is 2. The highest BCUT2D eigenvalue weighted by Gasteiger charge is 2.42. The van der Waals surface area contributed by atoms with Crippen LogP contribution in [0.1, 0.15) is 89.2 Å². The monoisotopic (exact) mass is 427 g/mol. The van der Waals surface area contributed by atoms with E-state index in [0.29, 0.717) is 23.6 Å². The van der Waals surface area contributed by atoms with Gasteiger partial charge in [-0.3, -0.25) is 4.90 Å². The van der Waals surface area contributed by atoms with Crippen LogP contribution in [-0.2, 0) is 10.2 Å². The Bertz CT molecular complexity index is 781. The second-order valence-corrected chi connectivity index (χ2v) is 10.5. The van der Waals surface area contributed by atoms with Crippen molar-refractivity contribution in [3.05, 3.63) is 35.6 Å². The molecule has 3 atom stereocenters. The lowest BCUT2D eigenvalue weighted by Gasteiger charge is -2.45. The summed E-state index contributed by atoms with van der Waals surface area (Å²) in [6.45, 7) is 14.8. The van der Waals surface area contributed by atoms with Crippen LogP contribution < -0.4 is 4.74 Å². The van der Waals surface area contributed by atoms with Gasteiger partial charge in [-0.15, -0.1) is 0 Å². The van der Waals surface area contributed by atoms with Crippen LogP contribution in [0.25, 0.3) is 0 Å². The highest BCUT2D eigenvalue weighted by atomic mass is 16.5. The number of allylic oxidation sites excluding steroid dienone is 1. The van der Waals surface area contributed by atoms with E-state index in [9.17, 15) is 5.11 Å². The van der Waals surface area contributed by atoms with Crippen LogP contribution in [0.4, 0.5) is 0 Å². The van der Waals surface area contributed by atoms with Gasteiger partial charge in [0.2, 0.25) is 0 Å².